The predicted octanol–water partition coefficient (Wildman–Crippen LogP) is 2.58. The van der Waals surface area contributed by atoms with E-state index in [2.05, 4.69) is 39.2 Å². The third kappa shape index (κ3) is 4.86. The van der Waals surface area contributed by atoms with Gasteiger partial charge in [0.1, 0.15) is 5.82 Å². The monoisotopic (exact) mass is 464 g/mol. The molecule has 0 radical (unpaired) electrons. The molecule has 1 atom stereocenters. The predicted molar refractivity (Wildman–Crippen MR) is 131 cm³/mol. The molecule has 1 aromatic carbocycles. The van der Waals surface area contributed by atoms with Gasteiger partial charge >= 0.3 is 0 Å². The Bertz CT molecular complexity index is 1130. The Hall–Kier alpha value is -3.53. The van der Waals surface area contributed by atoms with Gasteiger partial charge in [-0.1, -0.05) is 32.9 Å². The summed E-state index contributed by atoms with van der Waals surface area (Å²) in [6.45, 7) is 8.94. The van der Waals surface area contributed by atoms with Crippen LogP contribution in [0.3, 0.4) is 0 Å². The first-order valence-corrected chi connectivity index (χ1v) is 11.7. The molecule has 0 bridgehead atoms. The highest BCUT2D eigenvalue weighted by atomic mass is 16.4. The van der Waals surface area contributed by atoms with Gasteiger partial charge in [-0.05, 0) is 30.7 Å². The van der Waals surface area contributed by atoms with E-state index in [0.717, 1.165) is 17.7 Å². The first-order valence-electron chi connectivity index (χ1n) is 11.7. The first kappa shape index (κ1) is 23.6. The summed E-state index contributed by atoms with van der Waals surface area (Å²) in [6, 6.07) is 8.01. The molecule has 1 aliphatic rings. The molecule has 0 spiro atoms. The highest BCUT2D eigenvalue weighted by molar-refractivity contribution is 5.76. The van der Waals surface area contributed by atoms with Crippen molar-refractivity contribution in [3.63, 3.8) is 0 Å². The van der Waals surface area contributed by atoms with Crippen LogP contribution in [0.2, 0.25) is 0 Å². The molecular formula is C24H32N8O2. The molecule has 1 aliphatic heterocycles. The van der Waals surface area contributed by atoms with E-state index in [1.54, 1.807) is 6.20 Å². The highest BCUT2D eigenvalue weighted by Crippen LogP contribution is 2.29. The smallest absolute Gasteiger partial charge is 0.270 e. The zero-order valence-corrected chi connectivity index (χ0v) is 20.2. The van der Waals surface area contributed by atoms with Crippen molar-refractivity contribution in [3.05, 3.63) is 36.0 Å². The third-order valence-corrected chi connectivity index (χ3v) is 6.13. The second-order valence-corrected chi connectivity index (χ2v) is 8.80. The molecule has 10 nitrogen and oxygen atoms in total. The fourth-order valence-corrected chi connectivity index (χ4v) is 4.21. The summed E-state index contributed by atoms with van der Waals surface area (Å²) >= 11 is 0. The number of nitrogens with two attached hydrogens (primary N) is 1. The summed E-state index contributed by atoms with van der Waals surface area (Å²) in [7, 11) is 1.91. The van der Waals surface area contributed by atoms with Crippen LogP contribution in [0.15, 0.2) is 34.9 Å². The lowest BCUT2D eigenvalue weighted by Gasteiger charge is -2.43. The number of amides is 1. The van der Waals surface area contributed by atoms with Crippen molar-refractivity contribution >= 4 is 17.5 Å². The van der Waals surface area contributed by atoms with Gasteiger partial charge in [-0.25, -0.2) is 9.97 Å². The standard InChI is InChI=1S/C24H32N8O2/c1-5-20(33)32-11-10-31(14-18(32)15(2)3)19-13-27-22(25)21(28-19)24-30-29-23(34-24)17-8-6-16(7-9-17)12-26-4/h6-9,13,15,18,26H,5,10-12,14H2,1-4H3,(H2,25,27)/t18-/m0/s1. The number of piperazine rings is 1. The topological polar surface area (TPSA) is 126 Å². The number of rotatable bonds is 7. The number of anilines is 2. The number of nitrogens with one attached hydrogen (secondary N) is 1. The van der Waals surface area contributed by atoms with Gasteiger partial charge in [-0.15, -0.1) is 10.2 Å². The van der Waals surface area contributed by atoms with Crippen molar-refractivity contribution in [2.45, 2.75) is 39.8 Å². The van der Waals surface area contributed by atoms with Crippen LogP contribution >= 0.6 is 0 Å². The number of hydrogen-bond acceptors (Lipinski definition) is 9. The largest absolute Gasteiger partial charge is 0.414 e. The summed E-state index contributed by atoms with van der Waals surface area (Å²) in [5.74, 6) is 2.01. The zero-order chi connectivity index (χ0) is 24.2. The number of benzene rings is 1. The summed E-state index contributed by atoms with van der Waals surface area (Å²) in [4.78, 5) is 25.6. The van der Waals surface area contributed by atoms with Crippen LogP contribution in [-0.4, -0.2) is 63.7 Å². The number of nitrogens with zero attached hydrogens (tertiary/aromatic N) is 6. The molecular weight excluding hydrogens is 432 g/mol. The van der Waals surface area contributed by atoms with E-state index in [0.29, 0.717) is 49.4 Å². The Labute approximate surface area is 199 Å². The maximum atomic E-state index is 12.4. The van der Waals surface area contributed by atoms with Crippen molar-refractivity contribution in [2.75, 3.05) is 37.3 Å². The molecule has 2 aromatic heterocycles. The van der Waals surface area contributed by atoms with Gasteiger partial charge in [0.25, 0.3) is 5.89 Å². The van der Waals surface area contributed by atoms with E-state index in [9.17, 15) is 4.79 Å². The van der Waals surface area contributed by atoms with Crippen LogP contribution in [0, 0.1) is 5.92 Å². The molecule has 1 amide bonds. The van der Waals surface area contributed by atoms with Crippen LogP contribution in [0.4, 0.5) is 11.6 Å². The minimum atomic E-state index is 0.102. The lowest BCUT2D eigenvalue weighted by molar-refractivity contribution is -0.134. The Morgan fingerprint density at radius 1 is 1.21 bits per heavy atom. The Morgan fingerprint density at radius 3 is 2.62 bits per heavy atom. The van der Waals surface area contributed by atoms with Gasteiger partial charge in [-0.3, -0.25) is 4.79 Å². The second kappa shape index (κ2) is 10.2. The van der Waals surface area contributed by atoms with Gasteiger partial charge in [0, 0.05) is 38.2 Å². The van der Waals surface area contributed by atoms with Crippen LogP contribution in [0.25, 0.3) is 23.0 Å². The van der Waals surface area contributed by atoms with Crippen LogP contribution in [-0.2, 0) is 11.3 Å². The summed E-state index contributed by atoms with van der Waals surface area (Å²) in [5, 5.41) is 11.5. The fraction of sp³-hybridized carbons (Fsp3) is 0.458. The SMILES string of the molecule is CCC(=O)N1CCN(c2cnc(N)c(-c3nnc(-c4ccc(CNC)cc4)o3)n2)C[C@H]1C(C)C. The van der Waals surface area contributed by atoms with E-state index >= 15 is 0 Å². The Kier molecular flexibility index (Phi) is 7.06. The lowest BCUT2D eigenvalue weighted by Crippen LogP contribution is -2.57. The maximum Gasteiger partial charge on any atom is 0.270 e. The number of carbonyl (C=O) groups excluding carboxylic acids is 1. The Balaban J connectivity index is 1.57. The minimum Gasteiger partial charge on any atom is -0.414 e. The third-order valence-electron chi connectivity index (χ3n) is 6.13. The molecule has 0 aliphatic carbocycles. The average molecular weight is 465 g/mol. The number of hydrogen-bond donors (Lipinski definition) is 2. The molecule has 3 N–H and O–H groups in total. The Morgan fingerprint density at radius 2 is 1.94 bits per heavy atom. The second-order valence-electron chi connectivity index (χ2n) is 8.80. The summed E-state index contributed by atoms with van der Waals surface area (Å²) in [6.07, 6.45) is 2.16. The molecule has 4 rings (SSSR count). The van der Waals surface area contributed by atoms with Crippen molar-refractivity contribution in [3.8, 4) is 23.0 Å². The summed E-state index contributed by atoms with van der Waals surface area (Å²) in [5.41, 5.74) is 8.46. The average Bonchev–Trinajstić information content (AvgIpc) is 3.34. The van der Waals surface area contributed by atoms with Crippen molar-refractivity contribution in [1.82, 2.24) is 30.4 Å². The maximum absolute atomic E-state index is 12.4. The quantitative estimate of drug-likeness (QED) is 0.542. The molecule has 3 aromatic rings. The van der Waals surface area contributed by atoms with E-state index in [4.69, 9.17) is 15.1 Å². The molecule has 1 fully saturated rings. The van der Waals surface area contributed by atoms with E-state index in [1.165, 1.54) is 0 Å². The van der Waals surface area contributed by atoms with E-state index < -0.39 is 0 Å². The first-order chi connectivity index (χ1) is 16.4. The molecule has 180 valence electrons. The summed E-state index contributed by atoms with van der Waals surface area (Å²) < 4.78 is 5.91. The van der Waals surface area contributed by atoms with Gasteiger partial charge in [0.15, 0.2) is 11.5 Å². The normalized spacial score (nSPS) is 16.3. The highest BCUT2D eigenvalue weighted by Gasteiger charge is 2.32. The van der Waals surface area contributed by atoms with Crippen LogP contribution in [0.1, 0.15) is 32.8 Å². The van der Waals surface area contributed by atoms with Gasteiger partial charge in [-0.2, -0.15) is 0 Å². The molecule has 0 saturated carbocycles. The molecule has 1 saturated heterocycles. The lowest BCUT2D eigenvalue weighted by atomic mass is 9.99. The minimum absolute atomic E-state index is 0.102. The van der Waals surface area contributed by atoms with Crippen molar-refractivity contribution in [1.29, 1.82) is 0 Å². The van der Waals surface area contributed by atoms with Gasteiger partial charge in [0.05, 0.1) is 12.2 Å². The number of carbonyl (C=O) groups is 1. The molecule has 0 unspecified atom stereocenters. The van der Waals surface area contributed by atoms with Crippen molar-refractivity contribution < 1.29 is 9.21 Å². The molecule has 34 heavy (non-hydrogen) atoms. The molecule has 10 heteroatoms. The van der Waals surface area contributed by atoms with Gasteiger partial charge in [0.2, 0.25) is 11.8 Å². The van der Waals surface area contributed by atoms with E-state index in [-0.39, 0.29) is 23.7 Å². The fourth-order valence-electron chi connectivity index (χ4n) is 4.21. The van der Waals surface area contributed by atoms with Crippen LogP contribution in [0.5, 0.6) is 0 Å². The number of nitrogen functional groups attached to an aromatic ring is 1. The van der Waals surface area contributed by atoms with E-state index in [1.807, 2.05) is 43.1 Å². The molecule has 3 heterocycles. The van der Waals surface area contributed by atoms with Crippen molar-refractivity contribution in [2.24, 2.45) is 5.92 Å². The number of aromatic nitrogens is 4. The zero-order valence-electron chi connectivity index (χ0n) is 20.2. The van der Waals surface area contributed by atoms with Gasteiger partial charge < -0.3 is 25.3 Å². The van der Waals surface area contributed by atoms with Crippen LogP contribution < -0.4 is 16.0 Å².